The molecule has 1 amide bonds. The Kier molecular flexibility index (Phi) is 5.44. The lowest BCUT2D eigenvalue weighted by molar-refractivity contribution is -0.116. The molecular formula is C26H23N5O2. The standard InChI is InChI=1S/C26H23N5O2/c1-17-6-5-15-31-16-22(29-25(17)31)18-11-13-19(14-12-18)27-24(32)10-4-9-23-28-21-8-3-2-7-20(21)26(33)30-23/h2-3,5-8,11-16H,4,9-10H2,1H3,(H,27,32)(H,28,30,33). The number of pyridine rings is 1. The number of aryl methyl sites for hydroxylation is 2. The van der Waals surface area contributed by atoms with Gasteiger partial charge in [0.25, 0.3) is 5.56 Å². The molecule has 3 heterocycles. The Bertz CT molecular complexity index is 1520. The van der Waals surface area contributed by atoms with Crippen LogP contribution in [0.4, 0.5) is 5.69 Å². The molecule has 5 rings (SSSR count). The Morgan fingerprint density at radius 1 is 1.03 bits per heavy atom. The Labute approximate surface area is 190 Å². The number of anilines is 1. The second kappa shape index (κ2) is 8.70. The molecule has 5 aromatic rings. The molecule has 164 valence electrons. The number of para-hydroxylation sites is 1. The molecule has 0 fully saturated rings. The van der Waals surface area contributed by atoms with Gasteiger partial charge < -0.3 is 14.7 Å². The van der Waals surface area contributed by atoms with Crippen molar-refractivity contribution in [2.45, 2.75) is 26.2 Å². The van der Waals surface area contributed by atoms with Gasteiger partial charge in [-0.05, 0) is 49.2 Å². The molecule has 3 aromatic heterocycles. The van der Waals surface area contributed by atoms with Gasteiger partial charge in [-0.2, -0.15) is 0 Å². The maximum atomic E-state index is 12.4. The van der Waals surface area contributed by atoms with Crippen LogP contribution in [0.25, 0.3) is 27.8 Å². The van der Waals surface area contributed by atoms with Crippen LogP contribution in [0, 0.1) is 6.92 Å². The molecule has 2 N–H and O–H groups in total. The number of fused-ring (bicyclic) bond motifs is 2. The summed E-state index contributed by atoms with van der Waals surface area (Å²) < 4.78 is 2.01. The van der Waals surface area contributed by atoms with Crippen LogP contribution >= 0.6 is 0 Å². The van der Waals surface area contributed by atoms with E-state index in [4.69, 9.17) is 4.98 Å². The van der Waals surface area contributed by atoms with Crippen molar-refractivity contribution in [1.82, 2.24) is 19.4 Å². The number of hydrogen-bond acceptors (Lipinski definition) is 4. The Balaban J connectivity index is 1.19. The molecule has 0 aliphatic heterocycles. The van der Waals surface area contributed by atoms with E-state index in [1.807, 2.05) is 78.3 Å². The SMILES string of the molecule is Cc1cccn2cc(-c3ccc(NC(=O)CCCc4nc5ccccc5c(=O)[nH]4)cc3)nc12. The minimum atomic E-state index is -0.152. The molecule has 7 heteroatoms. The Morgan fingerprint density at radius 3 is 2.67 bits per heavy atom. The lowest BCUT2D eigenvalue weighted by Crippen LogP contribution is -2.14. The van der Waals surface area contributed by atoms with Crippen LogP contribution in [-0.4, -0.2) is 25.3 Å². The molecule has 7 nitrogen and oxygen atoms in total. The second-order valence-electron chi connectivity index (χ2n) is 8.06. The topological polar surface area (TPSA) is 92.1 Å². The average molecular weight is 438 g/mol. The molecule has 0 aliphatic rings. The van der Waals surface area contributed by atoms with Crippen LogP contribution in [0.2, 0.25) is 0 Å². The summed E-state index contributed by atoms with van der Waals surface area (Å²) in [4.78, 5) is 36.5. The van der Waals surface area contributed by atoms with Crippen LogP contribution < -0.4 is 10.9 Å². The van der Waals surface area contributed by atoms with Gasteiger partial charge in [0.2, 0.25) is 5.91 Å². The summed E-state index contributed by atoms with van der Waals surface area (Å²) in [6, 6.07) is 18.9. The number of rotatable bonds is 6. The fourth-order valence-electron chi connectivity index (χ4n) is 3.91. The second-order valence-corrected chi connectivity index (χ2v) is 8.06. The van der Waals surface area contributed by atoms with Gasteiger partial charge in [0.15, 0.2) is 0 Å². The van der Waals surface area contributed by atoms with Gasteiger partial charge in [0.05, 0.1) is 16.6 Å². The smallest absolute Gasteiger partial charge is 0.258 e. The highest BCUT2D eigenvalue weighted by Crippen LogP contribution is 2.22. The summed E-state index contributed by atoms with van der Waals surface area (Å²) in [6.45, 7) is 2.04. The van der Waals surface area contributed by atoms with E-state index in [2.05, 4.69) is 15.3 Å². The van der Waals surface area contributed by atoms with E-state index in [-0.39, 0.29) is 11.5 Å². The van der Waals surface area contributed by atoms with Crippen molar-refractivity contribution in [1.29, 1.82) is 0 Å². The molecular weight excluding hydrogens is 414 g/mol. The lowest BCUT2D eigenvalue weighted by Gasteiger charge is -2.06. The molecule has 0 aliphatic carbocycles. The van der Waals surface area contributed by atoms with Crippen molar-refractivity contribution in [2.24, 2.45) is 0 Å². The van der Waals surface area contributed by atoms with Crippen molar-refractivity contribution in [3.63, 3.8) is 0 Å². The first kappa shape index (κ1) is 20.6. The molecule has 0 radical (unpaired) electrons. The third kappa shape index (κ3) is 4.39. The summed E-state index contributed by atoms with van der Waals surface area (Å²) in [7, 11) is 0. The maximum Gasteiger partial charge on any atom is 0.258 e. The third-order valence-corrected chi connectivity index (χ3v) is 5.62. The number of aromatic amines is 1. The van der Waals surface area contributed by atoms with E-state index >= 15 is 0 Å². The lowest BCUT2D eigenvalue weighted by atomic mass is 10.1. The molecule has 0 saturated carbocycles. The molecule has 0 atom stereocenters. The van der Waals surface area contributed by atoms with Crippen LogP contribution in [0.3, 0.4) is 0 Å². The number of nitrogens with one attached hydrogen (secondary N) is 2. The third-order valence-electron chi connectivity index (χ3n) is 5.62. The van der Waals surface area contributed by atoms with Crippen LogP contribution in [0.15, 0.2) is 77.9 Å². The van der Waals surface area contributed by atoms with E-state index in [1.165, 1.54) is 0 Å². The molecule has 0 bridgehead atoms. The highest BCUT2D eigenvalue weighted by atomic mass is 16.1. The predicted molar refractivity (Wildman–Crippen MR) is 129 cm³/mol. The summed E-state index contributed by atoms with van der Waals surface area (Å²) in [5.41, 5.74) is 5.19. The minimum Gasteiger partial charge on any atom is -0.326 e. The summed E-state index contributed by atoms with van der Waals surface area (Å²) in [5.74, 6) is 0.521. The van der Waals surface area contributed by atoms with Gasteiger partial charge in [0.1, 0.15) is 11.5 Å². The van der Waals surface area contributed by atoms with Gasteiger partial charge in [-0.1, -0.05) is 30.3 Å². The molecule has 0 saturated heterocycles. The highest BCUT2D eigenvalue weighted by molar-refractivity contribution is 5.91. The van der Waals surface area contributed by atoms with Crippen molar-refractivity contribution in [3.8, 4) is 11.3 Å². The van der Waals surface area contributed by atoms with Crippen molar-refractivity contribution < 1.29 is 4.79 Å². The number of aromatic nitrogens is 4. The number of nitrogens with zero attached hydrogens (tertiary/aromatic N) is 3. The van der Waals surface area contributed by atoms with Crippen molar-refractivity contribution >= 4 is 28.1 Å². The maximum absolute atomic E-state index is 12.4. The first-order valence-electron chi connectivity index (χ1n) is 10.9. The van der Waals surface area contributed by atoms with E-state index in [0.29, 0.717) is 36.0 Å². The fourth-order valence-corrected chi connectivity index (χ4v) is 3.91. The van der Waals surface area contributed by atoms with E-state index in [9.17, 15) is 9.59 Å². The van der Waals surface area contributed by atoms with Crippen LogP contribution in [0.5, 0.6) is 0 Å². The first-order valence-corrected chi connectivity index (χ1v) is 10.9. The largest absolute Gasteiger partial charge is 0.326 e. The van der Waals surface area contributed by atoms with Crippen molar-refractivity contribution in [2.75, 3.05) is 5.32 Å². The molecule has 2 aromatic carbocycles. The normalized spacial score (nSPS) is 11.2. The summed E-state index contributed by atoms with van der Waals surface area (Å²) in [6.07, 6.45) is 5.44. The van der Waals surface area contributed by atoms with Gasteiger partial charge in [-0.3, -0.25) is 9.59 Å². The predicted octanol–water partition coefficient (Wildman–Crippen LogP) is 4.51. The Hall–Kier alpha value is -4.26. The first-order chi connectivity index (χ1) is 16.1. The number of H-pyrrole nitrogens is 1. The van der Waals surface area contributed by atoms with Crippen molar-refractivity contribution in [3.05, 3.63) is 94.8 Å². The molecule has 0 spiro atoms. The zero-order valence-electron chi connectivity index (χ0n) is 18.2. The molecule has 0 unspecified atom stereocenters. The number of imidazole rings is 1. The number of carbonyl (C=O) groups is 1. The van der Waals surface area contributed by atoms with Gasteiger partial charge in [-0.15, -0.1) is 0 Å². The monoisotopic (exact) mass is 437 g/mol. The van der Waals surface area contributed by atoms with Gasteiger partial charge in [0, 0.05) is 36.5 Å². The highest BCUT2D eigenvalue weighted by Gasteiger charge is 2.08. The fraction of sp³-hybridized carbons (Fsp3) is 0.154. The number of amides is 1. The quantitative estimate of drug-likeness (QED) is 0.409. The minimum absolute atomic E-state index is 0.0748. The zero-order valence-corrected chi connectivity index (χ0v) is 18.2. The average Bonchev–Trinajstić information content (AvgIpc) is 3.25. The Morgan fingerprint density at radius 2 is 1.85 bits per heavy atom. The van der Waals surface area contributed by atoms with E-state index in [0.717, 1.165) is 28.2 Å². The summed E-state index contributed by atoms with van der Waals surface area (Å²) >= 11 is 0. The number of hydrogen-bond donors (Lipinski definition) is 2. The van der Waals surface area contributed by atoms with Crippen LogP contribution in [-0.2, 0) is 11.2 Å². The molecule has 33 heavy (non-hydrogen) atoms. The van der Waals surface area contributed by atoms with Gasteiger partial charge in [-0.25, -0.2) is 9.97 Å². The number of benzene rings is 2. The summed E-state index contributed by atoms with van der Waals surface area (Å²) in [5, 5.41) is 3.50. The van der Waals surface area contributed by atoms with E-state index in [1.54, 1.807) is 6.07 Å². The number of carbonyl (C=O) groups excluding carboxylic acids is 1. The van der Waals surface area contributed by atoms with E-state index < -0.39 is 0 Å². The van der Waals surface area contributed by atoms with Gasteiger partial charge >= 0.3 is 0 Å². The zero-order chi connectivity index (χ0) is 22.8. The van der Waals surface area contributed by atoms with Crippen LogP contribution in [0.1, 0.15) is 24.2 Å².